The lowest BCUT2D eigenvalue weighted by atomic mass is 10.1. The van der Waals surface area contributed by atoms with Crippen LogP contribution in [-0.2, 0) is 20.9 Å². The number of anilines is 2. The zero-order valence-electron chi connectivity index (χ0n) is 16.7. The first kappa shape index (κ1) is 20.8. The molecule has 0 bridgehead atoms. The molecule has 0 spiro atoms. The highest BCUT2D eigenvalue weighted by atomic mass is 16.5. The molecular formula is C21H23N5O4. The van der Waals surface area contributed by atoms with Gasteiger partial charge in [-0.05, 0) is 41.5 Å². The summed E-state index contributed by atoms with van der Waals surface area (Å²) in [6.45, 7) is 0.308. The number of benzene rings is 2. The van der Waals surface area contributed by atoms with E-state index in [1.807, 2.05) is 6.07 Å². The van der Waals surface area contributed by atoms with E-state index in [-0.39, 0.29) is 18.2 Å². The maximum absolute atomic E-state index is 12.7. The third-order valence-corrected chi connectivity index (χ3v) is 4.75. The highest BCUT2D eigenvalue weighted by Crippen LogP contribution is 2.25. The Morgan fingerprint density at radius 1 is 1.33 bits per heavy atom. The normalized spacial score (nSPS) is 15.9. The van der Waals surface area contributed by atoms with Gasteiger partial charge < -0.3 is 26.1 Å². The van der Waals surface area contributed by atoms with Crippen LogP contribution in [0, 0.1) is 0 Å². The summed E-state index contributed by atoms with van der Waals surface area (Å²) in [5.74, 6) is 4.18. The van der Waals surface area contributed by atoms with E-state index >= 15 is 0 Å². The van der Waals surface area contributed by atoms with E-state index in [0.29, 0.717) is 23.5 Å². The highest BCUT2D eigenvalue weighted by Gasteiger charge is 2.29. The number of ether oxygens (including phenoxy) is 1. The van der Waals surface area contributed by atoms with Crippen LogP contribution < -0.4 is 16.5 Å². The molecule has 1 heterocycles. The standard InChI is InChI=1S/C21H23N5O4/c1-26-12-15-9-14(20(28)24-16-5-3-4-13(8-16)11-23-22)6-7-17(15)25-18(21(26)29)10-19(27)30-2/h3-9,11,18,25H,10,12,22H2,1-2H3,(H,24,28). The molecule has 1 atom stereocenters. The van der Waals surface area contributed by atoms with E-state index in [1.54, 1.807) is 43.4 Å². The summed E-state index contributed by atoms with van der Waals surface area (Å²) in [7, 11) is 2.94. The maximum atomic E-state index is 12.7. The minimum atomic E-state index is -0.727. The van der Waals surface area contributed by atoms with Gasteiger partial charge in [-0.15, -0.1) is 0 Å². The van der Waals surface area contributed by atoms with Gasteiger partial charge in [-0.3, -0.25) is 14.4 Å². The van der Waals surface area contributed by atoms with Crippen LogP contribution in [0.3, 0.4) is 0 Å². The fourth-order valence-corrected chi connectivity index (χ4v) is 3.23. The van der Waals surface area contributed by atoms with Crippen LogP contribution in [0.15, 0.2) is 47.6 Å². The number of esters is 1. The number of amides is 2. The molecule has 0 aliphatic carbocycles. The Morgan fingerprint density at radius 2 is 2.13 bits per heavy atom. The first-order chi connectivity index (χ1) is 14.4. The predicted molar refractivity (Wildman–Crippen MR) is 113 cm³/mol. The van der Waals surface area contributed by atoms with Gasteiger partial charge >= 0.3 is 5.97 Å². The van der Waals surface area contributed by atoms with E-state index in [9.17, 15) is 14.4 Å². The summed E-state index contributed by atoms with van der Waals surface area (Å²) >= 11 is 0. The van der Waals surface area contributed by atoms with Gasteiger partial charge in [0.1, 0.15) is 6.04 Å². The van der Waals surface area contributed by atoms with Gasteiger partial charge in [0.25, 0.3) is 5.91 Å². The van der Waals surface area contributed by atoms with Crippen LogP contribution in [0.2, 0.25) is 0 Å². The maximum Gasteiger partial charge on any atom is 0.308 e. The van der Waals surface area contributed by atoms with Gasteiger partial charge in [0, 0.05) is 30.5 Å². The Balaban J connectivity index is 1.81. The lowest BCUT2D eigenvalue weighted by molar-refractivity contribution is -0.143. The second-order valence-corrected chi connectivity index (χ2v) is 6.90. The summed E-state index contributed by atoms with van der Waals surface area (Å²) in [4.78, 5) is 38.4. The van der Waals surface area contributed by atoms with Crippen molar-refractivity contribution in [1.29, 1.82) is 0 Å². The Hall–Kier alpha value is -3.88. The number of hydrogen-bond donors (Lipinski definition) is 3. The van der Waals surface area contributed by atoms with Crippen molar-refractivity contribution in [1.82, 2.24) is 4.90 Å². The number of carbonyl (C=O) groups is 3. The molecule has 2 aromatic carbocycles. The second kappa shape index (κ2) is 9.08. The van der Waals surface area contributed by atoms with Crippen LogP contribution in [-0.4, -0.2) is 49.1 Å². The fourth-order valence-electron chi connectivity index (χ4n) is 3.23. The molecule has 1 aliphatic heterocycles. The van der Waals surface area contributed by atoms with Crippen molar-refractivity contribution in [2.24, 2.45) is 10.9 Å². The molecule has 0 saturated heterocycles. The van der Waals surface area contributed by atoms with E-state index in [1.165, 1.54) is 18.2 Å². The highest BCUT2D eigenvalue weighted by molar-refractivity contribution is 6.05. The lowest BCUT2D eigenvalue weighted by Gasteiger charge is -2.19. The van der Waals surface area contributed by atoms with E-state index in [4.69, 9.17) is 5.84 Å². The Kier molecular flexibility index (Phi) is 6.31. The summed E-state index contributed by atoms with van der Waals surface area (Å²) < 4.78 is 4.68. The van der Waals surface area contributed by atoms with Crippen LogP contribution >= 0.6 is 0 Å². The quantitative estimate of drug-likeness (QED) is 0.298. The van der Waals surface area contributed by atoms with Crippen molar-refractivity contribution in [3.8, 4) is 0 Å². The van der Waals surface area contributed by atoms with Gasteiger partial charge in [0.15, 0.2) is 0 Å². The molecule has 2 aromatic rings. The van der Waals surface area contributed by atoms with Crippen LogP contribution in [0.5, 0.6) is 0 Å². The van der Waals surface area contributed by atoms with Crippen molar-refractivity contribution < 1.29 is 19.1 Å². The number of nitrogens with one attached hydrogen (secondary N) is 2. The van der Waals surface area contributed by atoms with E-state index in [2.05, 4.69) is 20.5 Å². The minimum absolute atomic E-state index is 0.0796. The zero-order valence-corrected chi connectivity index (χ0v) is 16.7. The van der Waals surface area contributed by atoms with Crippen molar-refractivity contribution in [2.45, 2.75) is 19.0 Å². The molecule has 9 heteroatoms. The molecule has 2 amide bonds. The van der Waals surface area contributed by atoms with Gasteiger partial charge in [0.05, 0.1) is 19.7 Å². The van der Waals surface area contributed by atoms with Crippen molar-refractivity contribution in [3.63, 3.8) is 0 Å². The first-order valence-corrected chi connectivity index (χ1v) is 9.27. The zero-order chi connectivity index (χ0) is 21.7. The third-order valence-electron chi connectivity index (χ3n) is 4.75. The average molecular weight is 409 g/mol. The number of likely N-dealkylation sites (N-methyl/N-ethyl adjacent to an activating group) is 1. The largest absolute Gasteiger partial charge is 0.469 e. The number of fused-ring (bicyclic) bond motifs is 1. The molecule has 4 N–H and O–H groups in total. The Bertz CT molecular complexity index is 1000. The summed E-state index contributed by atoms with van der Waals surface area (Å²) in [6.07, 6.45) is 1.41. The molecule has 156 valence electrons. The third kappa shape index (κ3) is 4.75. The molecule has 0 aromatic heterocycles. The summed E-state index contributed by atoms with van der Waals surface area (Å²) in [5.41, 5.74) is 3.28. The monoisotopic (exact) mass is 409 g/mol. The number of rotatable bonds is 5. The predicted octanol–water partition coefficient (Wildman–Crippen LogP) is 1.55. The average Bonchev–Trinajstić information content (AvgIpc) is 2.84. The van der Waals surface area contributed by atoms with E-state index in [0.717, 1.165) is 11.1 Å². The summed E-state index contributed by atoms with van der Waals surface area (Å²) in [5, 5.41) is 9.41. The van der Waals surface area contributed by atoms with Gasteiger partial charge in [0.2, 0.25) is 5.91 Å². The van der Waals surface area contributed by atoms with Gasteiger partial charge in [-0.25, -0.2) is 0 Å². The molecular weight excluding hydrogens is 386 g/mol. The van der Waals surface area contributed by atoms with Crippen LogP contribution in [0.25, 0.3) is 0 Å². The molecule has 1 unspecified atom stereocenters. The molecule has 0 radical (unpaired) electrons. The SMILES string of the molecule is COC(=O)CC1Nc2ccc(C(=O)Nc3cccc(C=NN)c3)cc2CN(C)C1=O. The minimum Gasteiger partial charge on any atom is -0.469 e. The number of methoxy groups -OCH3 is 1. The molecule has 1 aliphatic rings. The first-order valence-electron chi connectivity index (χ1n) is 9.27. The fraction of sp³-hybridized carbons (Fsp3) is 0.238. The van der Waals surface area contributed by atoms with Gasteiger partial charge in [-0.2, -0.15) is 5.10 Å². The molecule has 30 heavy (non-hydrogen) atoms. The topological polar surface area (TPSA) is 126 Å². The number of nitrogens with two attached hydrogens (primary N) is 1. The Labute approximate surface area is 173 Å². The number of hydrogen-bond acceptors (Lipinski definition) is 7. The molecule has 0 saturated carbocycles. The second-order valence-electron chi connectivity index (χ2n) is 6.90. The summed E-state index contributed by atoms with van der Waals surface area (Å²) in [6, 6.07) is 11.5. The van der Waals surface area contributed by atoms with Crippen LogP contribution in [0.4, 0.5) is 11.4 Å². The number of nitrogens with zero attached hydrogens (tertiary/aromatic N) is 2. The molecule has 3 rings (SSSR count). The molecule has 0 fully saturated rings. The number of carbonyl (C=O) groups excluding carboxylic acids is 3. The Morgan fingerprint density at radius 3 is 2.87 bits per heavy atom. The molecule has 9 nitrogen and oxygen atoms in total. The lowest BCUT2D eigenvalue weighted by Crippen LogP contribution is -2.39. The van der Waals surface area contributed by atoms with E-state index < -0.39 is 12.0 Å². The number of hydrazone groups is 1. The van der Waals surface area contributed by atoms with Crippen molar-refractivity contribution in [3.05, 3.63) is 59.2 Å². The van der Waals surface area contributed by atoms with Gasteiger partial charge in [-0.1, -0.05) is 12.1 Å². The van der Waals surface area contributed by atoms with Crippen LogP contribution in [0.1, 0.15) is 27.9 Å². The van der Waals surface area contributed by atoms with Crippen molar-refractivity contribution >= 4 is 35.4 Å². The smallest absolute Gasteiger partial charge is 0.308 e. The van der Waals surface area contributed by atoms with Crippen molar-refractivity contribution in [2.75, 3.05) is 24.8 Å².